The normalized spacial score (nSPS) is 18.3. The molecule has 126 valence electrons. The Balaban J connectivity index is 5.40. The molecule has 0 amide bonds. The summed E-state index contributed by atoms with van der Waals surface area (Å²) in [7, 11) is 0. The highest BCUT2D eigenvalue weighted by Gasteiger charge is 2.53. The van der Waals surface area contributed by atoms with Crippen LogP contribution in [0.25, 0.3) is 0 Å². The lowest BCUT2D eigenvalue weighted by Gasteiger charge is -2.43. The number of thioether (sulfide) groups is 1. The largest absolute Gasteiger partial charge is 0.481 e. The molecule has 2 unspecified atom stereocenters. The van der Waals surface area contributed by atoms with Crippen molar-refractivity contribution in [1.29, 1.82) is 0 Å². The van der Waals surface area contributed by atoms with Crippen LogP contribution in [-0.2, 0) is 4.79 Å². The number of carboxylic acids is 1. The monoisotopic (exact) mass is 324 g/mol. The molecule has 21 heavy (non-hydrogen) atoms. The van der Waals surface area contributed by atoms with Crippen LogP contribution in [-0.4, -0.2) is 62.0 Å². The smallest absolute Gasteiger partial charge is 0.315 e. The Kier molecular flexibility index (Phi) is 7.66. The molecule has 0 rings (SSSR count). The second-order valence-corrected chi connectivity index (χ2v) is 7.85. The molecule has 5 N–H and O–H groups in total. The van der Waals surface area contributed by atoms with Gasteiger partial charge in [-0.05, 0) is 19.3 Å². The van der Waals surface area contributed by atoms with Crippen LogP contribution in [0.3, 0.4) is 0 Å². The van der Waals surface area contributed by atoms with Crippen molar-refractivity contribution in [3.63, 3.8) is 0 Å². The van der Waals surface area contributed by atoms with E-state index in [4.69, 9.17) is 0 Å². The summed E-state index contributed by atoms with van der Waals surface area (Å²) in [4.78, 5) is 9.81. The van der Waals surface area contributed by atoms with Crippen LogP contribution in [0.1, 0.15) is 34.1 Å². The highest BCUT2D eigenvalue weighted by molar-refractivity contribution is 8.00. The molecule has 2 atom stereocenters. The van der Waals surface area contributed by atoms with Crippen LogP contribution >= 0.6 is 11.8 Å². The van der Waals surface area contributed by atoms with Crippen molar-refractivity contribution < 1.29 is 30.3 Å². The van der Waals surface area contributed by atoms with Gasteiger partial charge in [0.1, 0.15) is 10.3 Å². The number of carbonyl (C=O) groups is 1. The first kappa shape index (κ1) is 20.7. The maximum atomic E-state index is 11.5. The standard InChI is InChI=1S/C14H28O6S/c1-10(2)5-14(20,13(4,8-17)11(18)19)21-9-12(3,6-15)7-16/h10,15-17,20H,5-9H2,1-4H3,(H,18,19). The minimum atomic E-state index is -1.73. The third kappa shape index (κ3) is 4.82. The van der Waals surface area contributed by atoms with E-state index in [1.54, 1.807) is 6.92 Å². The van der Waals surface area contributed by atoms with E-state index in [-0.39, 0.29) is 31.3 Å². The molecule has 0 aliphatic carbocycles. The number of hydrogen-bond donors (Lipinski definition) is 5. The number of aliphatic hydroxyl groups is 4. The highest BCUT2D eigenvalue weighted by Crippen LogP contribution is 2.46. The van der Waals surface area contributed by atoms with E-state index in [9.17, 15) is 30.3 Å². The van der Waals surface area contributed by atoms with Crippen molar-refractivity contribution in [2.75, 3.05) is 25.6 Å². The van der Waals surface area contributed by atoms with E-state index in [2.05, 4.69) is 0 Å². The van der Waals surface area contributed by atoms with E-state index in [1.165, 1.54) is 6.92 Å². The maximum absolute atomic E-state index is 11.5. The van der Waals surface area contributed by atoms with E-state index < -0.39 is 28.3 Å². The molecule has 0 aliphatic rings. The molecule has 0 aromatic carbocycles. The van der Waals surface area contributed by atoms with Crippen LogP contribution in [0.15, 0.2) is 0 Å². The summed E-state index contributed by atoms with van der Waals surface area (Å²) < 4.78 is 0. The minimum absolute atomic E-state index is 0.0160. The lowest BCUT2D eigenvalue weighted by molar-refractivity contribution is -0.162. The highest BCUT2D eigenvalue weighted by atomic mass is 32.2. The van der Waals surface area contributed by atoms with Gasteiger partial charge in [-0.1, -0.05) is 20.8 Å². The molecular weight excluding hydrogens is 296 g/mol. The first-order valence-electron chi connectivity index (χ1n) is 6.92. The van der Waals surface area contributed by atoms with E-state index in [0.717, 1.165) is 11.8 Å². The molecule has 0 aliphatic heterocycles. The summed E-state index contributed by atoms with van der Waals surface area (Å²) >= 11 is 0.963. The lowest BCUT2D eigenvalue weighted by Crippen LogP contribution is -2.53. The minimum Gasteiger partial charge on any atom is -0.481 e. The van der Waals surface area contributed by atoms with Crippen molar-refractivity contribution in [1.82, 2.24) is 0 Å². The van der Waals surface area contributed by atoms with Gasteiger partial charge < -0.3 is 25.5 Å². The SMILES string of the molecule is CC(C)CC(O)(SCC(C)(CO)CO)C(C)(CO)C(=O)O. The number of hydrogen-bond acceptors (Lipinski definition) is 6. The Morgan fingerprint density at radius 1 is 1.10 bits per heavy atom. The van der Waals surface area contributed by atoms with Gasteiger partial charge in [-0.15, -0.1) is 11.8 Å². The predicted molar refractivity (Wildman–Crippen MR) is 82.0 cm³/mol. The van der Waals surface area contributed by atoms with Gasteiger partial charge >= 0.3 is 5.97 Å². The molecule has 0 aromatic heterocycles. The summed E-state index contributed by atoms with van der Waals surface area (Å²) in [6.07, 6.45) is 0.175. The van der Waals surface area contributed by atoms with Crippen LogP contribution in [0.2, 0.25) is 0 Å². The first-order chi connectivity index (χ1) is 9.50. The van der Waals surface area contributed by atoms with Crippen molar-refractivity contribution in [2.45, 2.75) is 39.0 Å². The predicted octanol–water partition coefficient (Wildman–Crippen LogP) is 0.528. The molecule has 0 saturated carbocycles. The molecule has 0 aromatic rings. The molecule has 7 heteroatoms. The maximum Gasteiger partial charge on any atom is 0.315 e. The van der Waals surface area contributed by atoms with Crippen LogP contribution in [0.5, 0.6) is 0 Å². The Morgan fingerprint density at radius 2 is 1.57 bits per heavy atom. The molecule has 0 heterocycles. The Labute approximate surface area is 130 Å². The molecule has 6 nitrogen and oxygen atoms in total. The van der Waals surface area contributed by atoms with E-state index in [0.29, 0.717) is 0 Å². The fourth-order valence-electron chi connectivity index (χ4n) is 1.79. The second kappa shape index (κ2) is 7.78. The van der Waals surface area contributed by atoms with Gasteiger partial charge in [0.15, 0.2) is 0 Å². The number of carboxylic acid groups (broad SMARTS) is 1. The quantitative estimate of drug-likeness (QED) is 0.372. The average Bonchev–Trinajstić information content (AvgIpc) is 2.42. The van der Waals surface area contributed by atoms with Gasteiger partial charge in [0.05, 0.1) is 19.8 Å². The van der Waals surface area contributed by atoms with Gasteiger partial charge in [-0.3, -0.25) is 4.79 Å². The first-order valence-corrected chi connectivity index (χ1v) is 7.91. The Hall–Kier alpha value is -0.340. The Morgan fingerprint density at radius 3 is 1.86 bits per heavy atom. The zero-order valence-corrected chi connectivity index (χ0v) is 14.0. The summed E-state index contributed by atoms with van der Waals surface area (Å²) in [6.45, 7) is 5.39. The van der Waals surface area contributed by atoms with Crippen molar-refractivity contribution in [3.8, 4) is 0 Å². The van der Waals surface area contributed by atoms with Gasteiger partial charge in [-0.25, -0.2) is 0 Å². The summed E-state index contributed by atoms with van der Waals surface area (Å²) in [6, 6.07) is 0. The summed E-state index contributed by atoms with van der Waals surface area (Å²) in [5.74, 6) is -1.09. The van der Waals surface area contributed by atoms with E-state index in [1.807, 2.05) is 13.8 Å². The number of aliphatic hydroxyl groups excluding tert-OH is 3. The van der Waals surface area contributed by atoms with E-state index >= 15 is 0 Å². The fraction of sp³-hybridized carbons (Fsp3) is 0.929. The van der Waals surface area contributed by atoms with Gasteiger partial charge in [0, 0.05) is 11.2 Å². The zero-order chi connectivity index (χ0) is 16.9. The van der Waals surface area contributed by atoms with Crippen molar-refractivity contribution >= 4 is 17.7 Å². The zero-order valence-electron chi connectivity index (χ0n) is 13.2. The molecular formula is C14H28O6S. The van der Waals surface area contributed by atoms with Crippen LogP contribution < -0.4 is 0 Å². The second-order valence-electron chi connectivity index (χ2n) is 6.59. The molecule has 0 bridgehead atoms. The van der Waals surface area contributed by atoms with Crippen LogP contribution in [0.4, 0.5) is 0 Å². The number of aliphatic carboxylic acids is 1. The van der Waals surface area contributed by atoms with Crippen molar-refractivity contribution in [2.24, 2.45) is 16.7 Å². The topological polar surface area (TPSA) is 118 Å². The average molecular weight is 324 g/mol. The Bertz CT molecular complexity index is 344. The molecule has 0 radical (unpaired) electrons. The van der Waals surface area contributed by atoms with Gasteiger partial charge in [0.25, 0.3) is 0 Å². The summed E-state index contributed by atoms with van der Waals surface area (Å²) in [5, 5.41) is 48.4. The molecule has 0 saturated heterocycles. The van der Waals surface area contributed by atoms with Gasteiger partial charge in [-0.2, -0.15) is 0 Å². The third-order valence-electron chi connectivity index (χ3n) is 3.76. The molecule has 0 fully saturated rings. The fourth-order valence-corrected chi connectivity index (χ4v) is 3.48. The van der Waals surface area contributed by atoms with Gasteiger partial charge in [0.2, 0.25) is 0 Å². The molecule has 0 spiro atoms. The lowest BCUT2D eigenvalue weighted by atomic mass is 9.80. The van der Waals surface area contributed by atoms with Crippen molar-refractivity contribution in [3.05, 3.63) is 0 Å². The third-order valence-corrected chi connectivity index (χ3v) is 5.69. The number of rotatable bonds is 10. The van der Waals surface area contributed by atoms with Crippen LogP contribution in [0, 0.1) is 16.7 Å². The summed E-state index contributed by atoms with van der Waals surface area (Å²) in [5.41, 5.74) is -2.56.